The Labute approximate surface area is 124 Å². The number of carbonyl (C=O) groups excluding carboxylic acids is 1. The van der Waals surface area contributed by atoms with Crippen LogP contribution in [0, 0.1) is 0 Å². The lowest BCUT2D eigenvalue weighted by atomic mass is 9.93. The number of rotatable bonds is 5. The third kappa shape index (κ3) is 3.42. The summed E-state index contributed by atoms with van der Waals surface area (Å²) < 4.78 is 0. The van der Waals surface area contributed by atoms with E-state index in [1.807, 2.05) is 31.2 Å². The van der Waals surface area contributed by atoms with Gasteiger partial charge in [0, 0.05) is 13.0 Å². The number of nitrogens with two attached hydrogens (primary N) is 1. The van der Waals surface area contributed by atoms with E-state index < -0.39 is 18.1 Å². The molecule has 0 saturated heterocycles. The standard InChI is InChI=1S/C16H22N2O3/c1-2-3-8-13(17)15(19)18-10-12-7-5-4-6-11(12)9-14(18)16(20)21/h4-7,13-14H,2-3,8-10,17H2,1H3,(H,20,21)/t13-,14+/m0/s1. The molecule has 21 heavy (non-hydrogen) atoms. The maximum absolute atomic E-state index is 12.5. The predicted octanol–water partition coefficient (Wildman–Crippen LogP) is 1.54. The molecule has 0 fully saturated rings. The predicted molar refractivity (Wildman–Crippen MR) is 79.6 cm³/mol. The van der Waals surface area contributed by atoms with Crippen molar-refractivity contribution in [3.05, 3.63) is 35.4 Å². The molecule has 0 aromatic heterocycles. The second-order valence-electron chi connectivity index (χ2n) is 5.54. The van der Waals surface area contributed by atoms with Crippen LogP contribution in [0.3, 0.4) is 0 Å². The van der Waals surface area contributed by atoms with Gasteiger partial charge in [-0.1, -0.05) is 44.0 Å². The summed E-state index contributed by atoms with van der Waals surface area (Å²) in [5, 5.41) is 9.41. The number of unbranched alkanes of at least 4 members (excludes halogenated alkanes) is 1. The quantitative estimate of drug-likeness (QED) is 0.861. The number of amides is 1. The maximum atomic E-state index is 12.5. The maximum Gasteiger partial charge on any atom is 0.326 e. The zero-order valence-electron chi connectivity index (χ0n) is 12.3. The molecule has 0 radical (unpaired) electrons. The minimum Gasteiger partial charge on any atom is -0.480 e. The number of carboxylic acid groups (broad SMARTS) is 1. The summed E-state index contributed by atoms with van der Waals surface area (Å²) in [5.41, 5.74) is 7.93. The fourth-order valence-electron chi connectivity index (χ4n) is 2.74. The van der Waals surface area contributed by atoms with Crippen molar-refractivity contribution in [3.8, 4) is 0 Å². The van der Waals surface area contributed by atoms with Crippen LogP contribution in [0.1, 0.15) is 37.3 Å². The number of nitrogens with zero attached hydrogens (tertiary/aromatic N) is 1. The molecular formula is C16H22N2O3. The molecule has 5 nitrogen and oxygen atoms in total. The van der Waals surface area contributed by atoms with Crippen LogP contribution in [-0.2, 0) is 22.6 Å². The van der Waals surface area contributed by atoms with Crippen molar-refractivity contribution in [2.75, 3.05) is 0 Å². The Morgan fingerprint density at radius 1 is 1.38 bits per heavy atom. The van der Waals surface area contributed by atoms with Crippen LogP contribution in [-0.4, -0.2) is 34.0 Å². The summed E-state index contributed by atoms with van der Waals surface area (Å²) in [6.07, 6.45) is 2.78. The first kappa shape index (κ1) is 15.5. The van der Waals surface area contributed by atoms with E-state index in [1.54, 1.807) is 0 Å². The first-order valence-electron chi connectivity index (χ1n) is 7.40. The number of hydrogen-bond donors (Lipinski definition) is 2. The highest BCUT2D eigenvalue weighted by Crippen LogP contribution is 2.24. The van der Waals surface area contributed by atoms with Crippen molar-refractivity contribution in [2.45, 2.75) is 51.2 Å². The zero-order chi connectivity index (χ0) is 15.4. The van der Waals surface area contributed by atoms with E-state index in [0.717, 1.165) is 24.0 Å². The normalized spacial score (nSPS) is 19.0. The Morgan fingerprint density at radius 3 is 2.67 bits per heavy atom. The van der Waals surface area contributed by atoms with E-state index in [2.05, 4.69) is 0 Å². The van der Waals surface area contributed by atoms with Crippen molar-refractivity contribution in [3.63, 3.8) is 0 Å². The third-order valence-electron chi connectivity index (χ3n) is 4.00. The Morgan fingerprint density at radius 2 is 2.05 bits per heavy atom. The molecule has 114 valence electrons. The van der Waals surface area contributed by atoms with Gasteiger partial charge in [-0.05, 0) is 17.5 Å². The molecule has 0 unspecified atom stereocenters. The average Bonchev–Trinajstić information content (AvgIpc) is 2.50. The van der Waals surface area contributed by atoms with Gasteiger partial charge in [0.25, 0.3) is 0 Å². The number of carbonyl (C=O) groups is 2. The van der Waals surface area contributed by atoms with E-state index >= 15 is 0 Å². The van der Waals surface area contributed by atoms with Crippen LogP contribution in [0.5, 0.6) is 0 Å². The number of carboxylic acids is 1. The molecule has 2 rings (SSSR count). The molecule has 3 N–H and O–H groups in total. The average molecular weight is 290 g/mol. The van der Waals surface area contributed by atoms with E-state index in [9.17, 15) is 14.7 Å². The lowest BCUT2D eigenvalue weighted by Crippen LogP contribution is -2.53. The highest BCUT2D eigenvalue weighted by molar-refractivity contribution is 5.87. The van der Waals surface area contributed by atoms with Crippen molar-refractivity contribution in [2.24, 2.45) is 5.73 Å². The first-order chi connectivity index (χ1) is 10.0. The lowest BCUT2D eigenvalue weighted by molar-refractivity contribution is -0.152. The molecular weight excluding hydrogens is 268 g/mol. The van der Waals surface area contributed by atoms with Crippen LogP contribution >= 0.6 is 0 Å². The van der Waals surface area contributed by atoms with Gasteiger partial charge in [0.05, 0.1) is 6.04 Å². The van der Waals surface area contributed by atoms with Crippen molar-refractivity contribution < 1.29 is 14.7 Å². The van der Waals surface area contributed by atoms with E-state index in [0.29, 0.717) is 19.4 Å². The molecule has 1 aliphatic heterocycles. The third-order valence-corrected chi connectivity index (χ3v) is 4.00. The van der Waals surface area contributed by atoms with Gasteiger partial charge in [0.15, 0.2) is 0 Å². The monoisotopic (exact) mass is 290 g/mol. The summed E-state index contributed by atoms with van der Waals surface area (Å²) in [5.74, 6) is -1.23. The van der Waals surface area contributed by atoms with Crippen LogP contribution in [0.2, 0.25) is 0 Å². The Hall–Kier alpha value is -1.88. The molecule has 0 spiro atoms. The second kappa shape index (κ2) is 6.72. The van der Waals surface area contributed by atoms with Gasteiger partial charge in [-0.3, -0.25) is 4.79 Å². The number of benzene rings is 1. The van der Waals surface area contributed by atoms with Crippen molar-refractivity contribution >= 4 is 11.9 Å². The topological polar surface area (TPSA) is 83.6 Å². The summed E-state index contributed by atoms with van der Waals surface area (Å²) in [7, 11) is 0. The second-order valence-corrected chi connectivity index (χ2v) is 5.54. The van der Waals surface area contributed by atoms with Crippen LogP contribution < -0.4 is 5.73 Å². The van der Waals surface area contributed by atoms with E-state index in [4.69, 9.17) is 5.73 Å². The summed E-state index contributed by atoms with van der Waals surface area (Å²) in [4.78, 5) is 25.4. The van der Waals surface area contributed by atoms with Gasteiger partial charge in [-0.25, -0.2) is 4.79 Å². The smallest absolute Gasteiger partial charge is 0.326 e. The zero-order valence-corrected chi connectivity index (χ0v) is 12.3. The Bertz CT molecular complexity index is 530. The van der Waals surface area contributed by atoms with Crippen LogP contribution in [0.4, 0.5) is 0 Å². The molecule has 1 aromatic rings. The van der Waals surface area contributed by atoms with Gasteiger partial charge in [0.1, 0.15) is 6.04 Å². The summed E-state index contributed by atoms with van der Waals surface area (Å²) >= 11 is 0. The SMILES string of the molecule is CCCC[C@H](N)C(=O)N1Cc2ccccc2C[C@@H]1C(=O)O. The van der Waals surface area contributed by atoms with Gasteiger partial charge in [-0.2, -0.15) is 0 Å². The minimum absolute atomic E-state index is 0.259. The number of fused-ring (bicyclic) bond motifs is 1. The van der Waals surface area contributed by atoms with Gasteiger partial charge in [0.2, 0.25) is 5.91 Å². The summed E-state index contributed by atoms with van der Waals surface area (Å²) in [6, 6.07) is 6.22. The van der Waals surface area contributed by atoms with E-state index in [-0.39, 0.29) is 5.91 Å². The minimum atomic E-state index is -0.972. The molecule has 1 aromatic carbocycles. The number of aliphatic carboxylic acids is 1. The largest absolute Gasteiger partial charge is 0.480 e. The molecule has 0 saturated carbocycles. The molecule has 1 amide bonds. The lowest BCUT2D eigenvalue weighted by Gasteiger charge is -2.36. The Balaban J connectivity index is 2.20. The number of hydrogen-bond acceptors (Lipinski definition) is 3. The molecule has 0 bridgehead atoms. The van der Waals surface area contributed by atoms with Crippen LogP contribution in [0.15, 0.2) is 24.3 Å². The fourth-order valence-corrected chi connectivity index (χ4v) is 2.74. The summed E-state index contributed by atoms with van der Waals surface area (Å²) in [6.45, 7) is 2.36. The van der Waals surface area contributed by atoms with Crippen LogP contribution in [0.25, 0.3) is 0 Å². The van der Waals surface area contributed by atoms with Crippen molar-refractivity contribution in [1.29, 1.82) is 0 Å². The van der Waals surface area contributed by atoms with Gasteiger partial charge in [-0.15, -0.1) is 0 Å². The van der Waals surface area contributed by atoms with E-state index in [1.165, 1.54) is 4.90 Å². The highest BCUT2D eigenvalue weighted by atomic mass is 16.4. The highest BCUT2D eigenvalue weighted by Gasteiger charge is 2.36. The van der Waals surface area contributed by atoms with Gasteiger partial charge < -0.3 is 15.7 Å². The van der Waals surface area contributed by atoms with Crippen molar-refractivity contribution in [1.82, 2.24) is 4.90 Å². The molecule has 5 heteroatoms. The molecule has 0 aliphatic carbocycles. The fraction of sp³-hybridized carbons (Fsp3) is 0.500. The molecule has 2 atom stereocenters. The Kier molecular flexibility index (Phi) is 4.96. The molecule has 1 aliphatic rings. The first-order valence-corrected chi connectivity index (χ1v) is 7.40. The molecule has 1 heterocycles. The van der Waals surface area contributed by atoms with Gasteiger partial charge >= 0.3 is 5.97 Å².